The van der Waals surface area contributed by atoms with E-state index >= 15 is 0 Å². The molecule has 1 heterocycles. The number of nitrogens with zero attached hydrogens (tertiary/aromatic N) is 1. The zero-order chi connectivity index (χ0) is 10.9. The molecule has 1 fully saturated rings. The van der Waals surface area contributed by atoms with Crippen molar-refractivity contribution in [1.82, 2.24) is 10.2 Å². The third kappa shape index (κ3) is 2.37. The van der Waals surface area contributed by atoms with E-state index in [9.17, 15) is 18.0 Å². The van der Waals surface area contributed by atoms with Gasteiger partial charge in [-0.25, -0.2) is 0 Å². The van der Waals surface area contributed by atoms with Gasteiger partial charge in [-0.05, 0) is 13.3 Å². The number of halogens is 3. The summed E-state index contributed by atoms with van der Waals surface area (Å²) in [6.07, 6.45) is -4.35. The lowest BCUT2D eigenvalue weighted by atomic mass is 10.2. The van der Waals surface area contributed by atoms with Crippen LogP contribution in [0.2, 0.25) is 0 Å². The quantitative estimate of drug-likeness (QED) is 0.740. The molecule has 82 valence electrons. The fraction of sp³-hybridized carbons (Fsp3) is 0.875. The number of carbonyl (C=O) groups excluding carboxylic acids is 1. The summed E-state index contributed by atoms with van der Waals surface area (Å²) in [7, 11) is 0. The van der Waals surface area contributed by atoms with Crippen LogP contribution in [0.15, 0.2) is 0 Å². The summed E-state index contributed by atoms with van der Waals surface area (Å²) in [5, 5.41) is 2.80. The van der Waals surface area contributed by atoms with Crippen LogP contribution < -0.4 is 5.32 Å². The Hall–Kier alpha value is -0.780. The second kappa shape index (κ2) is 3.76. The summed E-state index contributed by atoms with van der Waals surface area (Å²) in [4.78, 5) is 12.2. The number of hydrogen-bond acceptors (Lipinski definition) is 2. The SMILES string of the molecule is CCC1NC(C)N(CC(F)(F)F)C1=O. The molecule has 0 bridgehead atoms. The molecule has 2 unspecified atom stereocenters. The van der Waals surface area contributed by atoms with Gasteiger partial charge in [-0.2, -0.15) is 13.2 Å². The highest BCUT2D eigenvalue weighted by atomic mass is 19.4. The van der Waals surface area contributed by atoms with Crippen molar-refractivity contribution >= 4 is 5.91 Å². The highest BCUT2D eigenvalue weighted by Gasteiger charge is 2.41. The first-order valence-corrected chi connectivity index (χ1v) is 4.48. The van der Waals surface area contributed by atoms with Crippen molar-refractivity contribution in [1.29, 1.82) is 0 Å². The van der Waals surface area contributed by atoms with E-state index < -0.39 is 30.8 Å². The first-order valence-electron chi connectivity index (χ1n) is 4.48. The predicted molar refractivity (Wildman–Crippen MR) is 44.4 cm³/mol. The summed E-state index contributed by atoms with van der Waals surface area (Å²) < 4.78 is 36.2. The summed E-state index contributed by atoms with van der Waals surface area (Å²) in [5.74, 6) is -0.461. The van der Waals surface area contributed by atoms with Crippen LogP contribution in [-0.2, 0) is 4.79 Å². The van der Waals surface area contributed by atoms with Crippen molar-refractivity contribution < 1.29 is 18.0 Å². The molecule has 1 saturated heterocycles. The third-order valence-electron chi connectivity index (χ3n) is 2.25. The Labute approximate surface area is 80.3 Å². The maximum atomic E-state index is 12.1. The van der Waals surface area contributed by atoms with Crippen LogP contribution in [0, 0.1) is 0 Å². The normalized spacial score (nSPS) is 28.6. The van der Waals surface area contributed by atoms with Gasteiger partial charge in [0.25, 0.3) is 0 Å². The molecule has 14 heavy (non-hydrogen) atoms. The lowest BCUT2D eigenvalue weighted by Crippen LogP contribution is -2.41. The Morgan fingerprint density at radius 3 is 2.43 bits per heavy atom. The molecular formula is C8H13F3N2O. The molecule has 0 aromatic heterocycles. The van der Waals surface area contributed by atoms with Crippen LogP contribution in [-0.4, -0.2) is 35.7 Å². The van der Waals surface area contributed by atoms with Gasteiger partial charge >= 0.3 is 6.18 Å². The first-order chi connectivity index (χ1) is 6.35. The first kappa shape index (κ1) is 11.3. The predicted octanol–water partition coefficient (Wildman–Crippen LogP) is 1.11. The van der Waals surface area contributed by atoms with Gasteiger partial charge in [-0.3, -0.25) is 10.1 Å². The fourth-order valence-electron chi connectivity index (χ4n) is 1.54. The van der Waals surface area contributed by atoms with Crippen molar-refractivity contribution in [3.8, 4) is 0 Å². The summed E-state index contributed by atoms with van der Waals surface area (Å²) in [5.41, 5.74) is 0. The maximum absolute atomic E-state index is 12.1. The van der Waals surface area contributed by atoms with E-state index in [0.29, 0.717) is 6.42 Å². The van der Waals surface area contributed by atoms with Gasteiger partial charge in [0.2, 0.25) is 5.91 Å². The minimum Gasteiger partial charge on any atom is -0.317 e. The van der Waals surface area contributed by atoms with Crippen molar-refractivity contribution in [2.45, 2.75) is 38.7 Å². The van der Waals surface area contributed by atoms with Crippen LogP contribution in [0.1, 0.15) is 20.3 Å². The Bertz CT molecular complexity index is 229. The summed E-state index contributed by atoms with van der Waals surface area (Å²) in [6, 6.07) is -0.465. The Morgan fingerprint density at radius 2 is 2.07 bits per heavy atom. The molecule has 0 radical (unpaired) electrons. The van der Waals surface area contributed by atoms with Crippen molar-refractivity contribution in [3.63, 3.8) is 0 Å². The molecule has 1 rings (SSSR count). The number of nitrogens with one attached hydrogen (secondary N) is 1. The number of amides is 1. The van der Waals surface area contributed by atoms with Crippen LogP contribution in [0.5, 0.6) is 0 Å². The lowest BCUT2D eigenvalue weighted by molar-refractivity contribution is -0.160. The van der Waals surface area contributed by atoms with Gasteiger partial charge in [-0.15, -0.1) is 0 Å². The van der Waals surface area contributed by atoms with Gasteiger partial charge in [0.05, 0.1) is 12.2 Å². The van der Waals surface area contributed by atoms with E-state index in [1.807, 2.05) is 0 Å². The number of alkyl halides is 3. The Kier molecular flexibility index (Phi) is 3.04. The van der Waals surface area contributed by atoms with Crippen LogP contribution in [0.25, 0.3) is 0 Å². The average molecular weight is 210 g/mol. The lowest BCUT2D eigenvalue weighted by Gasteiger charge is -2.21. The number of hydrogen-bond donors (Lipinski definition) is 1. The minimum absolute atomic E-state index is 0.461. The summed E-state index contributed by atoms with van der Waals surface area (Å²) >= 11 is 0. The van der Waals surface area contributed by atoms with Crippen LogP contribution >= 0.6 is 0 Å². The van der Waals surface area contributed by atoms with E-state index in [4.69, 9.17) is 0 Å². The minimum atomic E-state index is -4.33. The molecule has 6 heteroatoms. The third-order valence-corrected chi connectivity index (χ3v) is 2.25. The molecule has 0 aliphatic carbocycles. The zero-order valence-electron chi connectivity index (χ0n) is 8.06. The van der Waals surface area contributed by atoms with Gasteiger partial charge in [0.1, 0.15) is 6.54 Å². The monoisotopic (exact) mass is 210 g/mol. The second-order valence-electron chi connectivity index (χ2n) is 3.38. The fourth-order valence-corrected chi connectivity index (χ4v) is 1.54. The Morgan fingerprint density at radius 1 is 1.50 bits per heavy atom. The van der Waals surface area contributed by atoms with Gasteiger partial charge < -0.3 is 4.90 Å². The van der Waals surface area contributed by atoms with Crippen molar-refractivity contribution in [3.05, 3.63) is 0 Å². The van der Waals surface area contributed by atoms with E-state index in [-0.39, 0.29) is 0 Å². The molecule has 3 nitrogen and oxygen atoms in total. The molecule has 0 aromatic rings. The van der Waals surface area contributed by atoms with Crippen molar-refractivity contribution in [2.24, 2.45) is 0 Å². The smallest absolute Gasteiger partial charge is 0.317 e. The number of carbonyl (C=O) groups is 1. The molecule has 1 aliphatic heterocycles. The highest BCUT2D eigenvalue weighted by Crippen LogP contribution is 2.21. The van der Waals surface area contributed by atoms with E-state index in [1.54, 1.807) is 13.8 Å². The molecular weight excluding hydrogens is 197 g/mol. The van der Waals surface area contributed by atoms with Crippen LogP contribution in [0.4, 0.5) is 13.2 Å². The van der Waals surface area contributed by atoms with E-state index in [0.717, 1.165) is 4.90 Å². The molecule has 0 spiro atoms. The standard InChI is InChI=1S/C8H13F3N2O/c1-3-6-7(14)13(5(2)12-6)4-8(9,10)11/h5-6,12H,3-4H2,1-2H3. The zero-order valence-corrected chi connectivity index (χ0v) is 8.06. The second-order valence-corrected chi connectivity index (χ2v) is 3.38. The molecule has 2 atom stereocenters. The number of rotatable bonds is 2. The maximum Gasteiger partial charge on any atom is 0.406 e. The Balaban J connectivity index is 2.66. The molecule has 0 aromatic carbocycles. The topological polar surface area (TPSA) is 32.3 Å². The molecule has 1 amide bonds. The van der Waals surface area contributed by atoms with Gasteiger partial charge in [0.15, 0.2) is 0 Å². The largest absolute Gasteiger partial charge is 0.406 e. The molecule has 0 saturated carbocycles. The van der Waals surface area contributed by atoms with Gasteiger partial charge in [0, 0.05) is 0 Å². The van der Waals surface area contributed by atoms with Crippen molar-refractivity contribution in [2.75, 3.05) is 6.54 Å². The summed E-state index contributed by atoms with van der Waals surface area (Å²) in [6.45, 7) is 2.15. The average Bonchev–Trinajstić information content (AvgIpc) is 2.29. The molecule has 1 aliphatic rings. The van der Waals surface area contributed by atoms with E-state index in [1.165, 1.54) is 0 Å². The van der Waals surface area contributed by atoms with Gasteiger partial charge in [-0.1, -0.05) is 6.92 Å². The van der Waals surface area contributed by atoms with Crippen LogP contribution in [0.3, 0.4) is 0 Å². The van der Waals surface area contributed by atoms with E-state index in [2.05, 4.69) is 5.32 Å². The highest BCUT2D eigenvalue weighted by molar-refractivity contribution is 5.84. The molecule has 1 N–H and O–H groups in total.